The maximum atomic E-state index is 11.4. The van der Waals surface area contributed by atoms with Crippen molar-refractivity contribution in [3.05, 3.63) is 33.8 Å². The number of Topliss-reactive ketones (excluding diaryl/α,β-unsaturated/α-hetero) is 1. The number of halogens is 2. The van der Waals surface area contributed by atoms with Crippen molar-refractivity contribution in [2.75, 3.05) is 0 Å². The van der Waals surface area contributed by atoms with E-state index in [2.05, 4.69) is 0 Å². The smallest absolute Gasteiger partial charge is 0.135 e. The Bertz CT molecular complexity index is 372. The standard InChI is InChI=1S/C13H16Cl2O/c1-9(2)13(16)5-3-4-10-6-7-11(14)8-12(10)15/h6-9H,3-5H2,1-2H3. The molecule has 16 heavy (non-hydrogen) atoms. The Morgan fingerprint density at radius 3 is 2.56 bits per heavy atom. The molecule has 0 saturated heterocycles. The molecule has 1 rings (SSSR count). The molecule has 0 amide bonds. The third-order valence-corrected chi connectivity index (χ3v) is 3.12. The van der Waals surface area contributed by atoms with Crippen molar-refractivity contribution in [1.29, 1.82) is 0 Å². The number of carbonyl (C=O) groups excluding carboxylic acids is 1. The number of aryl methyl sites for hydroxylation is 1. The third-order valence-electron chi connectivity index (χ3n) is 2.53. The van der Waals surface area contributed by atoms with Crippen LogP contribution in [-0.4, -0.2) is 5.78 Å². The first-order chi connectivity index (χ1) is 7.50. The molecular weight excluding hydrogens is 243 g/mol. The van der Waals surface area contributed by atoms with Gasteiger partial charge in [-0.2, -0.15) is 0 Å². The van der Waals surface area contributed by atoms with Crippen molar-refractivity contribution in [2.45, 2.75) is 33.1 Å². The summed E-state index contributed by atoms with van der Waals surface area (Å²) in [6.45, 7) is 3.86. The number of benzene rings is 1. The molecule has 0 aliphatic rings. The normalized spacial score (nSPS) is 10.8. The van der Waals surface area contributed by atoms with Gasteiger partial charge < -0.3 is 0 Å². The van der Waals surface area contributed by atoms with Crippen LogP contribution in [0, 0.1) is 5.92 Å². The number of carbonyl (C=O) groups is 1. The summed E-state index contributed by atoms with van der Waals surface area (Å²) in [5.41, 5.74) is 1.06. The summed E-state index contributed by atoms with van der Waals surface area (Å²) in [6, 6.07) is 5.49. The Labute approximate surface area is 107 Å². The molecule has 0 saturated carbocycles. The fraction of sp³-hybridized carbons (Fsp3) is 0.462. The van der Waals surface area contributed by atoms with Crippen LogP contribution in [0.1, 0.15) is 32.3 Å². The molecule has 0 radical (unpaired) electrons. The summed E-state index contributed by atoms with van der Waals surface area (Å²) >= 11 is 11.8. The van der Waals surface area contributed by atoms with Gasteiger partial charge in [0.15, 0.2) is 0 Å². The van der Waals surface area contributed by atoms with E-state index in [4.69, 9.17) is 23.2 Å². The molecule has 88 valence electrons. The van der Waals surface area contributed by atoms with E-state index in [0.29, 0.717) is 22.2 Å². The Morgan fingerprint density at radius 1 is 1.31 bits per heavy atom. The van der Waals surface area contributed by atoms with Gasteiger partial charge in [-0.05, 0) is 30.5 Å². The lowest BCUT2D eigenvalue weighted by atomic mass is 10.0. The molecule has 0 fully saturated rings. The fourth-order valence-corrected chi connectivity index (χ4v) is 1.97. The molecule has 1 aromatic carbocycles. The SMILES string of the molecule is CC(C)C(=O)CCCc1ccc(Cl)cc1Cl. The van der Waals surface area contributed by atoms with Crippen LogP contribution in [0.4, 0.5) is 0 Å². The fourth-order valence-electron chi connectivity index (χ4n) is 1.47. The van der Waals surface area contributed by atoms with Crippen LogP contribution in [0.15, 0.2) is 18.2 Å². The summed E-state index contributed by atoms with van der Waals surface area (Å²) in [7, 11) is 0. The highest BCUT2D eigenvalue weighted by Crippen LogP contribution is 2.22. The Balaban J connectivity index is 2.46. The van der Waals surface area contributed by atoms with Gasteiger partial charge in [-0.3, -0.25) is 4.79 Å². The maximum absolute atomic E-state index is 11.4. The van der Waals surface area contributed by atoms with Crippen molar-refractivity contribution in [3.63, 3.8) is 0 Å². The molecular formula is C13H16Cl2O. The number of rotatable bonds is 5. The molecule has 0 unspecified atom stereocenters. The predicted molar refractivity (Wildman–Crippen MR) is 69.2 cm³/mol. The van der Waals surface area contributed by atoms with E-state index in [1.165, 1.54) is 0 Å². The van der Waals surface area contributed by atoms with Crippen LogP contribution in [0.2, 0.25) is 10.0 Å². The molecule has 0 aliphatic carbocycles. The van der Waals surface area contributed by atoms with E-state index in [-0.39, 0.29) is 5.92 Å². The summed E-state index contributed by atoms with van der Waals surface area (Å²) in [5, 5.41) is 1.33. The maximum Gasteiger partial charge on any atom is 0.135 e. The van der Waals surface area contributed by atoms with E-state index in [9.17, 15) is 4.79 Å². The minimum atomic E-state index is 0.126. The average Bonchev–Trinajstić information content (AvgIpc) is 2.20. The van der Waals surface area contributed by atoms with Crippen LogP contribution in [0.25, 0.3) is 0 Å². The van der Waals surface area contributed by atoms with Crippen molar-refractivity contribution >= 4 is 29.0 Å². The molecule has 0 N–H and O–H groups in total. The molecule has 0 bridgehead atoms. The van der Waals surface area contributed by atoms with Crippen molar-refractivity contribution < 1.29 is 4.79 Å². The monoisotopic (exact) mass is 258 g/mol. The van der Waals surface area contributed by atoms with Crippen LogP contribution >= 0.6 is 23.2 Å². The molecule has 0 aliphatic heterocycles. The first-order valence-corrected chi connectivity index (χ1v) is 6.23. The second-order valence-electron chi connectivity index (χ2n) is 4.21. The largest absolute Gasteiger partial charge is 0.299 e. The van der Waals surface area contributed by atoms with Gasteiger partial charge >= 0.3 is 0 Å². The van der Waals surface area contributed by atoms with Crippen LogP contribution in [-0.2, 0) is 11.2 Å². The Hall–Kier alpha value is -0.530. The third kappa shape index (κ3) is 4.15. The zero-order valence-corrected chi connectivity index (χ0v) is 11.1. The van der Waals surface area contributed by atoms with Crippen molar-refractivity contribution in [1.82, 2.24) is 0 Å². The quantitative estimate of drug-likeness (QED) is 0.758. The van der Waals surface area contributed by atoms with Gasteiger partial charge in [0, 0.05) is 22.4 Å². The Morgan fingerprint density at radius 2 is 2.00 bits per heavy atom. The minimum absolute atomic E-state index is 0.126. The van der Waals surface area contributed by atoms with Gasteiger partial charge in [-0.25, -0.2) is 0 Å². The first kappa shape index (κ1) is 13.5. The highest BCUT2D eigenvalue weighted by molar-refractivity contribution is 6.35. The van der Waals surface area contributed by atoms with Crippen LogP contribution in [0.3, 0.4) is 0 Å². The van der Waals surface area contributed by atoms with Gasteiger partial charge in [-0.1, -0.05) is 43.1 Å². The molecule has 3 heteroatoms. The van der Waals surface area contributed by atoms with Crippen LogP contribution < -0.4 is 0 Å². The predicted octanol–water partition coefficient (Wildman–Crippen LogP) is 4.54. The highest BCUT2D eigenvalue weighted by Gasteiger charge is 2.07. The second kappa shape index (κ2) is 6.27. The first-order valence-electron chi connectivity index (χ1n) is 5.47. The van der Waals surface area contributed by atoms with E-state index in [1.807, 2.05) is 26.0 Å². The van der Waals surface area contributed by atoms with Crippen LogP contribution in [0.5, 0.6) is 0 Å². The summed E-state index contributed by atoms with van der Waals surface area (Å²) in [6.07, 6.45) is 2.30. The lowest BCUT2D eigenvalue weighted by Gasteiger charge is -2.06. The van der Waals surface area contributed by atoms with E-state index in [0.717, 1.165) is 18.4 Å². The molecule has 0 spiro atoms. The molecule has 0 aromatic heterocycles. The zero-order chi connectivity index (χ0) is 12.1. The summed E-state index contributed by atoms with van der Waals surface area (Å²) in [5.74, 6) is 0.436. The van der Waals surface area contributed by atoms with Crippen molar-refractivity contribution in [2.24, 2.45) is 5.92 Å². The molecule has 1 nitrogen and oxygen atoms in total. The average molecular weight is 259 g/mol. The van der Waals surface area contributed by atoms with E-state index in [1.54, 1.807) is 6.07 Å². The molecule has 0 atom stereocenters. The number of hydrogen-bond donors (Lipinski definition) is 0. The van der Waals surface area contributed by atoms with Gasteiger partial charge in [-0.15, -0.1) is 0 Å². The number of ketones is 1. The molecule has 0 heterocycles. The van der Waals surface area contributed by atoms with Gasteiger partial charge in [0.1, 0.15) is 5.78 Å². The van der Waals surface area contributed by atoms with Gasteiger partial charge in [0.2, 0.25) is 0 Å². The second-order valence-corrected chi connectivity index (χ2v) is 5.05. The highest BCUT2D eigenvalue weighted by atomic mass is 35.5. The summed E-state index contributed by atoms with van der Waals surface area (Å²) < 4.78 is 0. The topological polar surface area (TPSA) is 17.1 Å². The van der Waals surface area contributed by atoms with E-state index < -0.39 is 0 Å². The number of hydrogen-bond acceptors (Lipinski definition) is 1. The van der Waals surface area contributed by atoms with E-state index >= 15 is 0 Å². The van der Waals surface area contributed by atoms with Gasteiger partial charge in [0.05, 0.1) is 0 Å². The van der Waals surface area contributed by atoms with Gasteiger partial charge in [0.25, 0.3) is 0 Å². The van der Waals surface area contributed by atoms with Crippen molar-refractivity contribution in [3.8, 4) is 0 Å². The lowest BCUT2D eigenvalue weighted by molar-refractivity contribution is -0.121. The lowest BCUT2D eigenvalue weighted by Crippen LogP contribution is -2.06. The minimum Gasteiger partial charge on any atom is -0.299 e. The summed E-state index contributed by atoms with van der Waals surface area (Å²) in [4.78, 5) is 11.4. The molecule has 1 aromatic rings. The zero-order valence-electron chi connectivity index (χ0n) is 9.59. The Kier molecular flexibility index (Phi) is 5.30.